The zero-order valence-corrected chi connectivity index (χ0v) is 11.4. The smallest absolute Gasteiger partial charge is 0.0699 e. The molecule has 2 aliphatic carbocycles. The van der Waals surface area contributed by atoms with Crippen LogP contribution in [0.3, 0.4) is 0 Å². The van der Waals surface area contributed by atoms with Gasteiger partial charge in [-0.05, 0) is 49.9 Å². The maximum atomic E-state index is 6.22. The highest BCUT2D eigenvalue weighted by Crippen LogP contribution is 2.66. The van der Waals surface area contributed by atoms with E-state index in [1.165, 1.54) is 19.3 Å². The third-order valence-electron chi connectivity index (χ3n) is 5.83. The summed E-state index contributed by atoms with van der Waals surface area (Å²) in [7, 11) is 0. The van der Waals surface area contributed by atoms with Crippen molar-refractivity contribution < 1.29 is 4.74 Å². The second-order valence-corrected chi connectivity index (χ2v) is 6.80. The minimum atomic E-state index is 0.130. The molecular formula is C14H27NO. The molecule has 16 heavy (non-hydrogen) atoms. The molecule has 0 saturated heterocycles. The van der Waals surface area contributed by atoms with Gasteiger partial charge in [-0.15, -0.1) is 0 Å². The van der Waals surface area contributed by atoms with Crippen molar-refractivity contribution >= 4 is 0 Å². The summed E-state index contributed by atoms with van der Waals surface area (Å²) < 4.78 is 6.22. The van der Waals surface area contributed by atoms with Crippen molar-refractivity contribution in [2.45, 2.75) is 72.1 Å². The molecular weight excluding hydrogens is 198 g/mol. The summed E-state index contributed by atoms with van der Waals surface area (Å²) in [6, 6.07) is 0.130. The van der Waals surface area contributed by atoms with Crippen LogP contribution in [0.25, 0.3) is 0 Å². The fourth-order valence-electron chi connectivity index (χ4n) is 3.72. The maximum absolute atomic E-state index is 6.22. The van der Waals surface area contributed by atoms with Crippen molar-refractivity contribution in [2.24, 2.45) is 22.5 Å². The van der Waals surface area contributed by atoms with E-state index >= 15 is 0 Å². The summed E-state index contributed by atoms with van der Waals surface area (Å²) in [6.45, 7) is 11.4. The second-order valence-electron chi connectivity index (χ2n) is 6.80. The normalized spacial score (nSPS) is 44.6. The van der Waals surface area contributed by atoms with E-state index in [2.05, 4.69) is 27.7 Å². The van der Waals surface area contributed by atoms with Gasteiger partial charge in [-0.1, -0.05) is 20.8 Å². The molecule has 0 amide bonds. The Balaban J connectivity index is 2.10. The highest BCUT2D eigenvalue weighted by molar-refractivity contribution is 5.11. The Morgan fingerprint density at radius 2 is 1.88 bits per heavy atom. The van der Waals surface area contributed by atoms with Gasteiger partial charge in [0.05, 0.1) is 12.2 Å². The average molecular weight is 225 g/mol. The molecule has 0 aromatic rings. The molecule has 2 N–H and O–H groups in total. The fraction of sp³-hybridized carbons (Fsp3) is 1.00. The average Bonchev–Trinajstić information content (AvgIpc) is 2.50. The fourth-order valence-corrected chi connectivity index (χ4v) is 3.72. The lowest BCUT2D eigenvalue weighted by Gasteiger charge is -2.40. The molecule has 4 unspecified atom stereocenters. The lowest BCUT2D eigenvalue weighted by molar-refractivity contribution is -0.0856. The van der Waals surface area contributed by atoms with Crippen molar-refractivity contribution in [1.29, 1.82) is 0 Å². The van der Waals surface area contributed by atoms with E-state index in [1.54, 1.807) is 0 Å². The molecule has 2 fully saturated rings. The van der Waals surface area contributed by atoms with Crippen molar-refractivity contribution in [3.8, 4) is 0 Å². The summed E-state index contributed by atoms with van der Waals surface area (Å²) in [5.41, 5.74) is 6.70. The number of ether oxygens (including phenoxy) is 1. The summed E-state index contributed by atoms with van der Waals surface area (Å²) in [5.74, 6) is 0.850. The largest absolute Gasteiger partial charge is 0.373 e. The number of nitrogens with two attached hydrogens (primary N) is 1. The molecule has 2 saturated carbocycles. The maximum Gasteiger partial charge on any atom is 0.0699 e. The van der Waals surface area contributed by atoms with Crippen molar-refractivity contribution in [1.82, 2.24) is 0 Å². The highest BCUT2D eigenvalue weighted by Gasteiger charge is 2.62. The molecule has 94 valence electrons. The van der Waals surface area contributed by atoms with Crippen molar-refractivity contribution in [2.75, 3.05) is 0 Å². The molecule has 2 nitrogen and oxygen atoms in total. The van der Waals surface area contributed by atoms with Crippen LogP contribution in [0.5, 0.6) is 0 Å². The molecule has 5 atom stereocenters. The molecule has 2 rings (SSSR count). The molecule has 0 spiro atoms. The van der Waals surface area contributed by atoms with Crippen LogP contribution in [-0.2, 0) is 4.74 Å². The second kappa shape index (κ2) is 3.71. The van der Waals surface area contributed by atoms with Crippen LogP contribution in [0.4, 0.5) is 0 Å². The minimum Gasteiger partial charge on any atom is -0.373 e. The predicted octanol–water partition coefficient (Wildman–Crippen LogP) is 2.95. The molecule has 2 heteroatoms. The molecule has 0 heterocycles. The number of hydrogen-bond donors (Lipinski definition) is 1. The minimum absolute atomic E-state index is 0.130. The molecule has 2 aliphatic rings. The number of rotatable bonds is 3. The zero-order chi connectivity index (χ0) is 12.1. The van der Waals surface area contributed by atoms with E-state index in [4.69, 9.17) is 10.5 Å². The topological polar surface area (TPSA) is 35.2 Å². The first-order valence-electron chi connectivity index (χ1n) is 6.70. The Labute approximate surface area is 99.9 Å². The lowest BCUT2D eigenvalue weighted by Crippen LogP contribution is -2.42. The van der Waals surface area contributed by atoms with E-state index in [1.807, 2.05) is 6.92 Å². The molecule has 0 radical (unpaired) electrons. The monoisotopic (exact) mass is 225 g/mol. The zero-order valence-electron chi connectivity index (χ0n) is 11.4. The van der Waals surface area contributed by atoms with Gasteiger partial charge in [0.2, 0.25) is 0 Å². The molecule has 0 aromatic heterocycles. The van der Waals surface area contributed by atoms with Crippen LogP contribution in [0, 0.1) is 16.7 Å². The Morgan fingerprint density at radius 1 is 1.25 bits per heavy atom. The van der Waals surface area contributed by atoms with E-state index in [-0.39, 0.29) is 12.1 Å². The van der Waals surface area contributed by atoms with Gasteiger partial charge in [-0.2, -0.15) is 0 Å². The molecule has 0 aliphatic heterocycles. The van der Waals surface area contributed by atoms with Gasteiger partial charge in [0.1, 0.15) is 0 Å². The Morgan fingerprint density at radius 3 is 2.25 bits per heavy atom. The Hall–Kier alpha value is -0.0800. The summed E-state index contributed by atoms with van der Waals surface area (Å²) >= 11 is 0. The van der Waals surface area contributed by atoms with Gasteiger partial charge in [0.15, 0.2) is 0 Å². The summed E-state index contributed by atoms with van der Waals surface area (Å²) in [6.07, 6.45) is 4.54. The highest BCUT2D eigenvalue weighted by atomic mass is 16.5. The molecule has 2 bridgehead atoms. The van der Waals surface area contributed by atoms with E-state index in [0.29, 0.717) is 16.9 Å². The van der Waals surface area contributed by atoms with Crippen LogP contribution in [0.1, 0.15) is 53.9 Å². The Bertz CT molecular complexity index is 274. The first-order valence-corrected chi connectivity index (χ1v) is 6.70. The summed E-state index contributed by atoms with van der Waals surface area (Å²) in [5, 5.41) is 0. The van der Waals surface area contributed by atoms with Gasteiger partial charge in [-0.3, -0.25) is 0 Å². The van der Waals surface area contributed by atoms with E-state index in [0.717, 1.165) is 5.92 Å². The van der Waals surface area contributed by atoms with Crippen molar-refractivity contribution in [3.63, 3.8) is 0 Å². The van der Waals surface area contributed by atoms with Gasteiger partial charge in [-0.25, -0.2) is 0 Å². The Kier molecular flexibility index (Phi) is 2.87. The summed E-state index contributed by atoms with van der Waals surface area (Å²) in [4.78, 5) is 0. The van der Waals surface area contributed by atoms with Crippen LogP contribution >= 0.6 is 0 Å². The predicted molar refractivity (Wildman–Crippen MR) is 67.2 cm³/mol. The van der Waals surface area contributed by atoms with Crippen LogP contribution < -0.4 is 5.73 Å². The number of hydrogen-bond acceptors (Lipinski definition) is 2. The van der Waals surface area contributed by atoms with Crippen LogP contribution in [0.15, 0.2) is 0 Å². The van der Waals surface area contributed by atoms with E-state index < -0.39 is 0 Å². The van der Waals surface area contributed by atoms with Crippen LogP contribution in [-0.4, -0.2) is 18.2 Å². The third kappa shape index (κ3) is 1.53. The van der Waals surface area contributed by atoms with Crippen LogP contribution in [0.2, 0.25) is 0 Å². The van der Waals surface area contributed by atoms with Gasteiger partial charge in [0.25, 0.3) is 0 Å². The molecule has 0 aromatic carbocycles. The standard InChI is InChI=1S/C14H27NO/c1-9(15)10(2)16-12-8-11-6-7-14(12,5)13(11,3)4/h9-12H,6-8,15H2,1-5H3/t9-,10?,11?,12?,14?/m0/s1. The SMILES string of the molecule is CC(OC1CC2CCC1(C)C2(C)C)[C@H](C)N. The quantitative estimate of drug-likeness (QED) is 0.801. The van der Waals surface area contributed by atoms with Crippen molar-refractivity contribution in [3.05, 3.63) is 0 Å². The van der Waals surface area contributed by atoms with Gasteiger partial charge < -0.3 is 10.5 Å². The first-order chi connectivity index (χ1) is 7.29. The lowest BCUT2D eigenvalue weighted by atomic mass is 9.70. The number of fused-ring (bicyclic) bond motifs is 2. The van der Waals surface area contributed by atoms with Gasteiger partial charge in [0, 0.05) is 6.04 Å². The third-order valence-corrected chi connectivity index (χ3v) is 5.83. The first kappa shape index (κ1) is 12.4. The van der Waals surface area contributed by atoms with E-state index in [9.17, 15) is 0 Å². The van der Waals surface area contributed by atoms with Gasteiger partial charge >= 0.3 is 0 Å².